The van der Waals surface area contributed by atoms with Crippen molar-refractivity contribution in [2.75, 3.05) is 0 Å². The van der Waals surface area contributed by atoms with Gasteiger partial charge in [-0.1, -0.05) is 24.3 Å². The van der Waals surface area contributed by atoms with Crippen LogP contribution in [-0.2, 0) is 6.42 Å². The third-order valence-electron chi connectivity index (χ3n) is 3.43. The van der Waals surface area contributed by atoms with Gasteiger partial charge in [-0.2, -0.15) is 0 Å². The minimum absolute atomic E-state index is 0.0681. The van der Waals surface area contributed by atoms with Crippen molar-refractivity contribution in [3.63, 3.8) is 0 Å². The number of halogens is 1. The summed E-state index contributed by atoms with van der Waals surface area (Å²) < 4.78 is 13.4. The first-order valence-electron chi connectivity index (χ1n) is 6.33. The molecule has 0 aliphatic carbocycles. The Kier molecular flexibility index (Phi) is 3.33. The molecular weight excluding hydrogens is 259 g/mol. The van der Waals surface area contributed by atoms with Gasteiger partial charge < -0.3 is 5.11 Å². The number of benzene rings is 2. The van der Waals surface area contributed by atoms with Crippen LogP contribution < -0.4 is 0 Å². The van der Waals surface area contributed by atoms with Crippen LogP contribution in [0.5, 0.6) is 0 Å². The molecule has 0 radical (unpaired) electrons. The van der Waals surface area contributed by atoms with E-state index in [0.29, 0.717) is 5.56 Å². The zero-order valence-electron chi connectivity index (χ0n) is 10.6. The summed E-state index contributed by atoms with van der Waals surface area (Å²) >= 11 is 1.68. The lowest BCUT2D eigenvalue weighted by Crippen LogP contribution is -2.14. The van der Waals surface area contributed by atoms with Gasteiger partial charge in [-0.15, -0.1) is 11.8 Å². The Morgan fingerprint density at radius 3 is 2.79 bits per heavy atom. The SMILES string of the molecule is Cc1cc(F)cc(C(O)C2Cc3ccccc3S2)c1. The summed E-state index contributed by atoms with van der Waals surface area (Å²) in [5, 5.41) is 10.5. The van der Waals surface area contributed by atoms with Crippen molar-refractivity contribution in [1.29, 1.82) is 0 Å². The van der Waals surface area contributed by atoms with E-state index in [-0.39, 0.29) is 11.1 Å². The molecule has 0 fully saturated rings. The Morgan fingerprint density at radius 1 is 1.26 bits per heavy atom. The zero-order chi connectivity index (χ0) is 13.4. The fraction of sp³-hybridized carbons (Fsp3) is 0.250. The number of aliphatic hydroxyl groups excluding tert-OH is 1. The third kappa shape index (κ3) is 2.53. The third-order valence-corrected chi connectivity index (χ3v) is 4.81. The molecule has 3 rings (SSSR count). The summed E-state index contributed by atoms with van der Waals surface area (Å²) in [4.78, 5) is 1.22. The number of aliphatic hydroxyl groups is 1. The lowest BCUT2D eigenvalue weighted by atomic mass is 10.00. The molecule has 0 aromatic heterocycles. The maximum Gasteiger partial charge on any atom is 0.123 e. The molecule has 0 amide bonds. The lowest BCUT2D eigenvalue weighted by molar-refractivity contribution is 0.174. The van der Waals surface area contributed by atoms with Crippen molar-refractivity contribution >= 4 is 11.8 Å². The van der Waals surface area contributed by atoms with Crippen LogP contribution in [0.25, 0.3) is 0 Å². The molecule has 3 heteroatoms. The topological polar surface area (TPSA) is 20.2 Å². The largest absolute Gasteiger partial charge is 0.387 e. The Morgan fingerprint density at radius 2 is 2.05 bits per heavy atom. The molecule has 0 bridgehead atoms. The summed E-state index contributed by atoms with van der Waals surface area (Å²) in [7, 11) is 0. The summed E-state index contributed by atoms with van der Waals surface area (Å²) in [5.74, 6) is -0.283. The number of hydrogen-bond donors (Lipinski definition) is 1. The quantitative estimate of drug-likeness (QED) is 0.896. The van der Waals surface area contributed by atoms with Crippen LogP contribution in [0.1, 0.15) is 22.8 Å². The van der Waals surface area contributed by atoms with E-state index in [4.69, 9.17) is 0 Å². The highest BCUT2D eigenvalue weighted by molar-refractivity contribution is 8.00. The molecule has 1 aliphatic rings. The van der Waals surface area contributed by atoms with E-state index in [9.17, 15) is 9.50 Å². The number of thioether (sulfide) groups is 1. The molecule has 98 valence electrons. The van der Waals surface area contributed by atoms with E-state index >= 15 is 0 Å². The average molecular weight is 274 g/mol. The first-order chi connectivity index (χ1) is 9.13. The van der Waals surface area contributed by atoms with E-state index in [1.807, 2.05) is 25.1 Å². The highest BCUT2D eigenvalue weighted by atomic mass is 32.2. The van der Waals surface area contributed by atoms with Crippen LogP contribution in [0.4, 0.5) is 4.39 Å². The Hall–Kier alpha value is -1.32. The van der Waals surface area contributed by atoms with Gasteiger partial charge in [0.15, 0.2) is 0 Å². The van der Waals surface area contributed by atoms with Gasteiger partial charge in [0.2, 0.25) is 0 Å². The van der Waals surface area contributed by atoms with E-state index < -0.39 is 6.10 Å². The molecule has 2 aromatic rings. The minimum atomic E-state index is -0.633. The van der Waals surface area contributed by atoms with E-state index in [0.717, 1.165) is 12.0 Å². The molecule has 1 aliphatic heterocycles. The first kappa shape index (κ1) is 12.7. The Balaban J connectivity index is 1.84. The number of rotatable bonds is 2. The second-order valence-electron chi connectivity index (χ2n) is 4.97. The monoisotopic (exact) mass is 274 g/mol. The molecule has 19 heavy (non-hydrogen) atoms. The van der Waals surface area contributed by atoms with Gasteiger partial charge in [-0.25, -0.2) is 4.39 Å². The first-order valence-corrected chi connectivity index (χ1v) is 7.21. The summed E-state index contributed by atoms with van der Waals surface area (Å²) in [5.41, 5.74) is 2.78. The van der Waals surface area contributed by atoms with Gasteiger partial charge in [-0.05, 0) is 48.2 Å². The van der Waals surface area contributed by atoms with Gasteiger partial charge in [0.1, 0.15) is 5.82 Å². The highest BCUT2D eigenvalue weighted by Gasteiger charge is 2.29. The molecule has 2 unspecified atom stereocenters. The predicted molar refractivity (Wildman–Crippen MR) is 75.9 cm³/mol. The number of fused-ring (bicyclic) bond motifs is 1. The van der Waals surface area contributed by atoms with Crippen molar-refractivity contribution < 1.29 is 9.50 Å². The van der Waals surface area contributed by atoms with Gasteiger partial charge in [0, 0.05) is 10.1 Å². The second kappa shape index (κ2) is 4.99. The molecule has 2 aromatic carbocycles. The van der Waals surface area contributed by atoms with E-state index in [1.54, 1.807) is 11.8 Å². The summed E-state index contributed by atoms with van der Waals surface area (Å²) in [6.07, 6.45) is 0.198. The maximum absolute atomic E-state index is 13.4. The second-order valence-corrected chi connectivity index (χ2v) is 6.26. The van der Waals surface area contributed by atoms with Crippen LogP contribution in [0, 0.1) is 12.7 Å². The van der Waals surface area contributed by atoms with Crippen molar-refractivity contribution in [3.8, 4) is 0 Å². The smallest absolute Gasteiger partial charge is 0.123 e. The van der Waals surface area contributed by atoms with Crippen molar-refractivity contribution in [2.24, 2.45) is 0 Å². The van der Waals surface area contributed by atoms with Crippen LogP contribution in [0.2, 0.25) is 0 Å². The summed E-state index contributed by atoms with van der Waals surface area (Å²) in [6, 6.07) is 13.0. The number of aryl methyl sites for hydroxylation is 1. The van der Waals surface area contributed by atoms with Crippen LogP contribution in [0.3, 0.4) is 0 Å². The minimum Gasteiger partial charge on any atom is -0.387 e. The van der Waals surface area contributed by atoms with Crippen LogP contribution >= 0.6 is 11.8 Å². The normalized spacial score (nSPS) is 19.2. The molecule has 0 saturated heterocycles. The standard InChI is InChI=1S/C16H15FOS/c1-10-6-12(8-13(17)7-10)16(18)15-9-11-4-2-3-5-14(11)19-15/h2-8,15-16,18H,9H2,1H3. The van der Waals surface area contributed by atoms with Gasteiger partial charge in [-0.3, -0.25) is 0 Å². The predicted octanol–water partition coefficient (Wildman–Crippen LogP) is 3.88. The van der Waals surface area contributed by atoms with Crippen molar-refractivity contribution in [2.45, 2.75) is 29.6 Å². The average Bonchev–Trinajstić information content (AvgIpc) is 2.80. The molecule has 2 atom stereocenters. The van der Waals surface area contributed by atoms with E-state index in [1.165, 1.54) is 22.6 Å². The fourth-order valence-corrected chi connectivity index (χ4v) is 3.87. The maximum atomic E-state index is 13.4. The fourth-order valence-electron chi connectivity index (χ4n) is 2.54. The highest BCUT2D eigenvalue weighted by Crippen LogP contribution is 2.42. The molecule has 1 nitrogen and oxygen atoms in total. The van der Waals surface area contributed by atoms with Crippen LogP contribution in [-0.4, -0.2) is 10.4 Å². The Labute approximate surface area is 116 Å². The van der Waals surface area contributed by atoms with Crippen LogP contribution in [0.15, 0.2) is 47.4 Å². The Bertz CT molecular complexity index is 566. The molecule has 1 heterocycles. The summed E-state index contributed by atoms with van der Waals surface area (Å²) in [6.45, 7) is 1.84. The molecule has 0 saturated carbocycles. The van der Waals surface area contributed by atoms with Crippen molar-refractivity contribution in [3.05, 3.63) is 65.0 Å². The molecule has 0 spiro atoms. The van der Waals surface area contributed by atoms with Gasteiger partial charge in [0.05, 0.1) is 6.10 Å². The van der Waals surface area contributed by atoms with E-state index in [2.05, 4.69) is 12.1 Å². The van der Waals surface area contributed by atoms with Crippen molar-refractivity contribution in [1.82, 2.24) is 0 Å². The van der Waals surface area contributed by atoms with Gasteiger partial charge >= 0.3 is 0 Å². The number of hydrogen-bond acceptors (Lipinski definition) is 2. The van der Waals surface area contributed by atoms with Gasteiger partial charge in [0.25, 0.3) is 0 Å². The lowest BCUT2D eigenvalue weighted by Gasteiger charge is -2.18. The zero-order valence-corrected chi connectivity index (χ0v) is 11.5. The molecular formula is C16H15FOS. The molecule has 1 N–H and O–H groups in total.